The Hall–Kier alpha value is -3.04. The number of rotatable bonds is 8. The number of aryl methyl sites for hydroxylation is 1. The summed E-state index contributed by atoms with van der Waals surface area (Å²) in [5, 5.41) is 3.44. The van der Waals surface area contributed by atoms with Gasteiger partial charge in [-0.1, -0.05) is 65.4 Å². The highest BCUT2D eigenvalue weighted by atomic mass is 35.5. The molecule has 0 spiro atoms. The summed E-state index contributed by atoms with van der Waals surface area (Å²) in [5.41, 5.74) is 3.02. The third-order valence-corrected chi connectivity index (χ3v) is 7.22. The molecule has 0 radical (unpaired) electrons. The van der Waals surface area contributed by atoms with Crippen molar-refractivity contribution in [1.82, 2.24) is 0 Å². The van der Waals surface area contributed by atoms with Crippen molar-refractivity contribution >= 4 is 80.8 Å². The minimum Gasteiger partial charge on any atom is -0.490 e. The van der Waals surface area contributed by atoms with E-state index < -0.39 is 0 Å². The molecule has 1 heterocycles. The third kappa shape index (κ3) is 6.64. The standard InChI is InChI=1S/C27H22Cl2N2O4S2/c1-3-34-23-12-17(13-24-26(33)31(27(36)37-24)19-6-4-5-16(2)11-19)7-10-22(23)35-15-25(32)30-18-8-9-20(28)21(29)14-18/h4-14H,3,15H2,1-2H3,(H,30,32)/b24-13-. The summed E-state index contributed by atoms with van der Waals surface area (Å²) in [7, 11) is 0. The number of hydrogen-bond acceptors (Lipinski definition) is 6. The van der Waals surface area contributed by atoms with Crippen LogP contribution in [0.15, 0.2) is 65.6 Å². The van der Waals surface area contributed by atoms with Crippen molar-refractivity contribution in [2.75, 3.05) is 23.4 Å². The zero-order valence-corrected chi connectivity index (χ0v) is 23.1. The summed E-state index contributed by atoms with van der Waals surface area (Å²) in [5.74, 6) is 0.297. The molecule has 190 valence electrons. The predicted octanol–water partition coefficient (Wildman–Crippen LogP) is 7.12. The maximum Gasteiger partial charge on any atom is 0.270 e. The van der Waals surface area contributed by atoms with Crippen LogP contribution in [0.1, 0.15) is 18.1 Å². The molecule has 0 atom stereocenters. The molecule has 4 rings (SSSR count). The number of nitrogens with one attached hydrogen (secondary N) is 1. The number of anilines is 2. The first-order valence-corrected chi connectivity index (χ1v) is 13.2. The second-order valence-electron chi connectivity index (χ2n) is 7.96. The first-order chi connectivity index (χ1) is 17.7. The fraction of sp³-hybridized carbons (Fsp3) is 0.148. The summed E-state index contributed by atoms with van der Waals surface area (Å²) < 4.78 is 11.9. The second-order valence-corrected chi connectivity index (χ2v) is 10.5. The summed E-state index contributed by atoms with van der Waals surface area (Å²) in [6.45, 7) is 3.97. The normalized spacial score (nSPS) is 14.3. The van der Waals surface area contributed by atoms with E-state index in [-0.39, 0.29) is 18.4 Å². The number of carbonyl (C=O) groups is 2. The molecule has 1 N–H and O–H groups in total. The van der Waals surface area contributed by atoms with Gasteiger partial charge in [0, 0.05) is 5.69 Å². The number of thioether (sulfide) groups is 1. The lowest BCUT2D eigenvalue weighted by atomic mass is 10.1. The summed E-state index contributed by atoms with van der Waals surface area (Å²) in [6, 6.07) is 17.7. The lowest BCUT2D eigenvalue weighted by Crippen LogP contribution is -2.27. The number of hydrogen-bond donors (Lipinski definition) is 1. The number of benzene rings is 3. The van der Waals surface area contributed by atoms with Crippen LogP contribution in [-0.4, -0.2) is 29.3 Å². The van der Waals surface area contributed by atoms with Gasteiger partial charge in [0.2, 0.25) is 0 Å². The van der Waals surface area contributed by atoms with Crippen molar-refractivity contribution < 1.29 is 19.1 Å². The molecule has 3 aromatic carbocycles. The molecule has 0 aromatic heterocycles. The Morgan fingerprint density at radius 3 is 2.59 bits per heavy atom. The zero-order chi connectivity index (χ0) is 26.5. The minimum absolute atomic E-state index is 0.183. The van der Waals surface area contributed by atoms with Crippen LogP contribution in [-0.2, 0) is 9.59 Å². The lowest BCUT2D eigenvalue weighted by molar-refractivity contribution is -0.118. The van der Waals surface area contributed by atoms with E-state index in [0.717, 1.165) is 16.8 Å². The van der Waals surface area contributed by atoms with E-state index in [1.807, 2.05) is 38.1 Å². The maximum absolute atomic E-state index is 13.1. The van der Waals surface area contributed by atoms with Gasteiger partial charge in [-0.15, -0.1) is 0 Å². The molecular weight excluding hydrogens is 551 g/mol. The van der Waals surface area contributed by atoms with Crippen molar-refractivity contribution in [2.45, 2.75) is 13.8 Å². The molecule has 3 aromatic rings. The van der Waals surface area contributed by atoms with Crippen molar-refractivity contribution in [3.8, 4) is 11.5 Å². The Kier molecular flexibility index (Phi) is 8.76. The summed E-state index contributed by atoms with van der Waals surface area (Å²) in [4.78, 5) is 27.5. The van der Waals surface area contributed by atoms with Crippen molar-refractivity contribution in [1.29, 1.82) is 0 Å². The number of carbonyl (C=O) groups excluding carboxylic acids is 2. The Balaban J connectivity index is 1.47. The number of amides is 2. The molecular formula is C27H22Cl2N2O4S2. The molecule has 0 unspecified atom stereocenters. The van der Waals surface area contributed by atoms with E-state index in [0.29, 0.717) is 43.1 Å². The number of nitrogens with zero attached hydrogens (tertiary/aromatic N) is 1. The highest BCUT2D eigenvalue weighted by molar-refractivity contribution is 8.27. The molecule has 0 aliphatic carbocycles. The first kappa shape index (κ1) is 27.0. The Labute approximate surface area is 234 Å². The van der Waals surface area contributed by atoms with Crippen LogP contribution < -0.4 is 19.7 Å². The van der Waals surface area contributed by atoms with Crippen LogP contribution in [0.2, 0.25) is 10.0 Å². The van der Waals surface area contributed by atoms with E-state index in [1.54, 1.807) is 42.5 Å². The average Bonchev–Trinajstić information content (AvgIpc) is 3.13. The summed E-state index contributed by atoms with van der Waals surface area (Å²) >= 11 is 18.6. The maximum atomic E-state index is 13.1. The van der Waals surface area contributed by atoms with Gasteiger partial charge in [-0.3, -0.25) is 14.5 Å². The molecule has 0 saturated carbocycles. The Morgan fingerprint density at radius 2 is 1.86 bits per heavy atom. The SMILES string of the molecule is CCOc1cc(/C=C2\SC(=S)N(c3cccc(C)c3)C2=O)ccc1OCC(=O)Nc1ccc(Cl)c(Cl)c1. The van der Waals surface area contributed by atoms with Gasteiger partial charge in [0.1, 0.15) is 0 Å². The molecule has 1 aliphatic rings. The molecule has 1 fully saturated rings. The van der Waals surface area contributed by atoms with Gasteiger partial charge in [-0.25, -0.2) is 0 Å². The van der Waals surface area contributed by atoms with Crippen molar-refractivity contribution in [2.24, 2.45) is 0 Å². The molecule has 6 nitrogen and oxygen atoms in total. The summed E-state index contributed by atoms with van der Waals surface area (Å²) in [6.07, 6.45) is 1.76. The van der Waals surface area contributed by atoms with Crippen LogP contribution in [0.5, 0.6) is 11.5 Å². The topological polar surface area (TPSA) is 67.9 Å². The lowest BCUT2D eigenvalue weighted by Gasteiger charge is -2.15. The second kappa shape index (κ2) is 12.0. The smallest absolute Gasteiger partial charge is 0.270 e. The van der Waals surface area contributed by atoms with Gasteiger partial charge in [-0.05, 0) is 73.5 Å². The predicted molar refractivity (Wildman–Crippen MR) is 155 cm³/mol. The van der Waals surface area contributed by atoms with E-state index >= 15 is 0 Å². The van der Waals surface area contributed by atoms with Gasteiger partial charge in [0.25, 0.3) is 11.8 Å². The van der Waals surface area contributed by atoms with Gasteiger partial charge < -0.3 is 14.8 Å². The van der Waals surface area contributed by atoms with Gasteiger partial charge in [-0.2, -0.15) is 0 Å². The first-order valence-electron chi connectivity index (χ1n) is 11.2. The Bertz CT molecular complexity index is 1410. The highest BCUT2D eigenvalue weighted by Crippen LogP contribution is 2.37. The van der Waals surface area contributed by atoms with Crippen LogP contribution in [0.25, 0.3) is 6.08 Å². The van der Waals surface area contributed by atoms with E-state index in [1.165, 1.54) is 16.7 Å². The highest BCUT2D eigenvalue weighted by Gasteiger charge is 2.33. The van der Waals surface area contributed by atoms with Gasteiger partial charge >= 0.3 is 0 Å². The number of thiocarbonyl (C=S) groups is 1. The van der Waals surface area contributed by atoms with E-state index in [2.05, 4.69) is 5.32 Å². The average molecular weight is 574 g/mol. The molecule has 37 heavy (non-hydrogen) atoms. The zero-order valence-electron chi connectivity index (χ0n) is 19.9. The number of ether oxygens (including phenoxy) is 2. The molecule has 10 heteroatoms. The quantitative estimate of drug-likeness (QED) is 0.229. The van der Waals surface area contributed by atoms with E-state index in [4.69, 9.17) is 44.9 Å². The van der Waals surface area contributed by atoms with Crippen LogP contribution >= 0.6 is 47.2 Å². The molecule has 2 amide bonds. The minimum atomic E-state index is -0.371. The fourth-order valence-corrected chi connectivity index (χ4v) is 5.12. The van der Waals surface area contributed by atoms with Crippen LogP contribution in [0, 0.1) is 6.92 Å². The van der Waals surface area contributed by atoms with Gasteiger partial charge in [0.15, 0.2) is 22.4 Å². The Morgan fingerprint density at radius 1 is 1.05 bits per heavy atom. The molecule has 1 aliphatic heterocycles. The number of halogens is 2. The van der Waals surface area contributed by atoms with E-state index in [9.17, 15) is 9.59 Å². The van der Waals surface area contributed by atoms with Gasteiger partial charge in [0.05, 0.1) is 27.2 Å². The molecule has 0 bridgehead atoms. The van der Waals surface area contributed by atoms with Crippen molar-refractivity contribution in [3.63, 3.8) is 0 Å². The van der Waals surface area contributed by atoms with Crippen LogP contribution in [0.4, 0.5) is 11.4 Å². The monoisotopic (exact) mass is 572 g/mol. The fourth-order valence-electron chi connectivity index (χ4n) is 3.52. The van der Waals surface area contributed by atoms with Crippen molar-refractivity contribution in [3.05, 3.63) is 86.7 Å². The largest absolute Gasteiger partial charge is 0.490 e. The van der Waals surface area contributed by atoms with Crippen LogP contribution in [0.3, 0.4) is 0 Å². The molecule has 1 saturated heterocycles. The third-order valence-electron chi connectivity index (χ3n) is 5.18.